The van der Waals surface area contributed by atoms with Crippen LogP contribution in [0, 0.1) is 0 Å². The van der Waals surface area contributed by atoms with Gasteiger partial charge in [-0.3, -0.25) is 0 Å². The first-order chi connectivity index (χ1) is 9.84. The van der Waals surface area contributed by atoms with Crippen molar-refractivity contribution in [2.45, 2.75) is 12.8 Å². The van der Waals surface area contributed by atoms with E-state index >= 15 is 0 Å². The molecule has 0 radical (unpaired) electrons. The summed E-state index contributed by atoms with van der Waals surface area (Å²) in [4.78, 5) is 0. The highest BCUT2D eigenvalue weighted by atomic mass is 127. The summed E-state index contributed by atoms with van der Waals surface area (Å²) in [6, 6.07) is 17.1. The Kier molecular flexibility index (Phi) is 2.84. The van der Waals surface area contributed by atoms with Gasteiger partial charge in [0.2, 0.25) is 0 Å². The highest BCUT2D eigenvalue weighted by Gasteiger charge is 2.22. The number of aromatic nitrogens is 3. The normalized spacial score (nSPS) is 12.8. The summed E-state index contributed by atoms with van der Waals surface area (Å²) in [5.74, 6) is 0. The predicted octanol–water partition coefficient (Wildman–Crippen LogP) is 3.91. The van der Waals surface area contributed by atoms with E-state index in [1.165, 1.54) is 22.3 Å². The summed E-state index contributed by atoms with van der Waals surface area (Å²) in [7, 11) is 0. The Morgan fingerprint density at radius 1 is 0.850 bits per heavy atom. The SMILES string of the molecule is In1nnc2c1-c1ccccc1CCc1ccccc1-2. The third-order valence-corrected chi connectivity index (χ3v) is 4.52. The average molecular weight is 373 g/mol. The molecule has 3 nitrogen and oxygen atoms in total. The van der Waals surface area contributed by atoms with Gasteiger partial charge in [-0.25, -0.2) is 0 Å². The molecular formula is C16H12IN3. The lowest BCUT2D eigenvalue weighted by Gasteiger charge is -2.16. The van der Waals surface area contributed by atoms with Gasteiger partial charge in [-0.05, 0) is 24.0 Å². The van der Waals surface area contributed by atoms with Crippen LogP contribution in [0.25, 0.3) is 22.5 Å². The minimum atomic E-state index is 0.988. The van der Waals surface area contributed by atoms with E-state index in [-0.39, 0.29) is 0 Å². The summed E-state index contributed by atoms with van der Waals surface area (Å²) in [6.45, 7) is 0. The molecule has 4 heteroatoms. The van der Waals surface area contributed by atoms with Gasteiger partial charge in [0.15, 0.2) is 0 Å². The van der Waals surface area contributed by atoms with E-state index in [9.17, 15) is 0 Å². The van der Waals surface area contributed by atoms with Gasteiger partial charge in [0.1, 0.15) is 11.4 Å². The zero-order valence-electron chi connectivity index (χ0n) is 10.8. The summed E-state index contributed by atoms with van der Waals surface area (Å²) >= 11 is 2.21. The van der Waals surface area contributed by atoms with Crippen LogP contribution < -0.4 is 0 Å². The second-order valence-electron chi connectivity index (χ2n) is 4.96. The summed E-state index contributed by atoms with van der Waals surface area (Å²) in [6.07, 6.45) is 2.09. The molecule has 3 aromatic rings. The lowest BCUT2D eigenvalue weighted by molar-refractivity contribution is 0.923. The Morgan fingerprint density at radius 2 is 1.45 bits per heavy atom. The standard InChI is InChI=1S/C16H12IN3/c17-20-16-14-8-4-2-6-12(14)10-9-11-5-1-3-7-13(11)15(16)18-19-20/h1-8H,9-10H2. The monoisotopic (exact) mass is 373 g/mol. The van der Waals surface area contributed by atoms with E-state index in [2.05, 4.69) is 81.7 Å². The zero-order valence-corrected chi connectivity index (χ0v) is 12.9. The zero-order chi connectivity index (χ0) is 13.5. The summed E-state index contributed by atoms with van der Waals surface area (Å²) in [5.41, 5.74) is 7.26. The summed E-state index contributed by atoms with van der Waals surface area (Å²) < 4.78 is 1.86. The fourth-order valence-corrected chi connectivity index (χ4v) is 3.46. The van der Waals surface area contributed by atoms with Gasteiger partial charge in [0, 0.05) is 11.1 Å². The van der Waals surface area contributed by atoms with Crippen molar-refractivity contribution < 1.29 is 0 Å². The lowest BCUT2D eigenvalue weighted by atomic mass is 9.89. The number of hydrogen-bond donors (Lipinski definition) is 0. The number of nitrogens with zero attached hydrogens (tertiary/aromatic N) is 3. The molecule has 0 saturated heterocycles. The molecule has 0 saturated carbocycles. The fraction of sp³-hybridized carbons (Fsp3) is 0.125. The molecule has 0 N–H and O–H groups in total. The first-order valence-electron chi connectivity index (χ1n) is 6.63. The molecule has 0 amide bonds. The molecule has 1 aromatic heterocycles. The van der Waals surface area contributed by atoms with E-state index in [0.717, 1.165) is 24.2 Å². The molecule has 20 heavy (non-hydrogen) atoms. The van der Waals surface area contributed by atoms with Gasteiger partial charge in [0.25, 0.3) is 0 Å². The van der Waals surface area contributed by atoms with Crippen LogP contribution in [0.5, 0.6) is 0 Å². The van der Waals surface area contributed by atoms with Crippen molar-refractivity contribution in [1.82, 2.24) is 13.2 Å². The van der Waals surface area contributed by atoms with Crippen LogP contribution in [-0.2, 0) is 12.8 Å². The first kappa shape index (κ1) is 12.1. The molecular weight excluding hydrogens is 361 g/mol. The topological polar surface area (TPSA) is 30.7 Å². The van der Waals surface area contributed by atoms with Crippen molar-refractivity contribution in [2.24, 2.45) is 0 Å². The van der Waals surface area contributed by atoms with Gasteiger partial charge in [-0.1, -0.05) is 53.7 Å². The molecule has 0 atom stereocenters. The van der Waals surface area contributed by atoms with Crippen molar-refractivity contribution in [3.63, 3.8) is 0 Å². The van der Waals surface area contributed by atoms with Gasteiger partial charge in [-0.15, -0.1) is 5.10 Å². The average Bonchev–Trinajstić information content (AvgIpc) is 2.85. The van der Waals surface area contributed by atoms with E-state index in [1.54, 1.807) is 0 Å². The van der Waals surface area contributed by atoms with Crippen LogP contribution in [0.3, 0.4) is 0 Å². The van der Waals surface area contributed by atoms with E-state index in [4.69, 9.17) is 0 Å². The third kappa shape index (κ3) is 1.78. The number of aryl methyl sites for hydroxylation is 2. The molecule has 0 unspecified atom stereocenters. The van der Waals surface area contributed by atoms with E-state index in [1.807, 2.05) is 2.90 Å². The van der Waals surface area contributed by atoms with Crippen molar-refractivity contribution in [1.29, 1.82) is 0 Å². The van der Waals surface area contributed by atoms with Gasteiger partial charge in [-0.2, -0.15) is 2.90 Å². The van der Waals surface area contributed by atoms with Gasteiger partial charge < -0.3 is 0 Å². The Balaban J connectivity index is 2.08. The number of rotatable bonds is 0. The Morgan fingerprint density at radius 3 is 2.20 bits per heavy atom. The van der Waals surface area contributed by atoms with Crippen LogP contribution in [0.15, 0.2) is 48.5 Å². The van der Waals surface area contributed by atoms with Crippen LogP contribution in [0.1, 0.15) is 11.1 Å². The molecule has 0 bridgehead atoms. The van der Waals surface area contributed by atoms with Crippen LogP contribution in [0.4, 0.5) is 0 Å². The third-order valence-electron chi connectivity index (χ3n) is 3.84. The van der Waals surface area contributed by atoms with E-state index in [0.29, 0.717) is 0 Å². The van der Waals surface area contributed by atoms with Crippen molar-refractivity contribution in [2.75, 3.05) is 0 Å². The van der Waals surface area contributed by atoms with Crippen molar-refractivity contribution >= 4 is 22.9 Å². The molecule has 2 aromatic carbocycles. The number of benzene rings is 2. The van der Waals surface area contributed by atoms with Crippen LogP contribution in [0.2, 0.25) is 0 Å². The molecule has 0 fully saturated rings. The van der Waals surface area contributed by atoms with Gasteiger partial charge in [0.05, 0.1) is 22.9 Å². The smallest absolute Gasteiger partial charge is 0.122 e. The highest BCUT2D eigenvalue weighted by Crippen LogP contribution is 2.37. The maximum Gasteiger partial charge on any atom is 0.122 e. The number of fused-ring (bicyclic) bond motifs is 5. The second-order valence-corrected chi connectivity index (χ2v) is 5.87. The molecule has 1 aliphatic rings. The van der Waals surface area contributed by atoms with Crippen molar-refractivity contribution in [3.05, 3.63) is 59.7 Å². The summed E-state index contributed by atoms with van der Waals surface area (Å²) in [5, 5.41) is 8.64. The molecule has 4 rings (SSSR count). The Hall–Kier alpha value is -1.69. The van der Waals surface area contributed by atoms with Gasteiger partial charge >= 0.3 is 0 Å². The fourth-order valence-electron chi connectivity index (χ4n) is 2.88. The molecule has 1 heterocycles. The predicted molar refractivity (Wildman–Crippen MR) is 87.7 cm³/mol. The minimum Gasteiger partial charge on any atom is -0.183 e. The highest BCUT2D eigenvalue weighted by molar-refractivity contribution is 14.1. The molecule has 1 aliphatic carbocycles. The minimum absolute atomic E-state index is 0.988. The van der Waals surface area contributed by atoms with Crippen LogP contribution in [-0.4, -0.2) is 13.2 Å². The maximum absolute atomic E-state index is 4.40. The number of hydrogen-bond acceptors (Lipinski definition) is 2. The Labute approximate surface area is 131 Å². The Bertz CT molecular complexity index is 792. The number of halogens is 1. The largest absolute Gasteiger partial charge is 0.183 e. The van der Waals surface area contributed by atoms with E-state index < -0.39 is 0 Å². The quantitative estimate of drug-likeness (QED) is 0.560. The maximum atomic E-state index is 4.40. The molecule has 0 aliphatic heterocycles. The first-order valence-corrected chi connectivity index (χ1v) is 7.59. The van der Waals surface area contributed by atoms with Crippen LogP contribution >= 0.6 is 22.9 Å². The second kappa shape index (κ2) is 4.70. The lowest BCUT2D eigenvalue weighted by Crippen LogP contribution is -2.02. The molecule has 98 valence electrons. The van der Waals surface area contributed by atoms with Crippen molar-refractivity contribution in [3.8, 4) is 22.5 Å². The molecule has 0 spiro atoms.